The Hall–Kier alpha value is -0.680. The third-order valence-corrected chi connectivity index (χ3v) is 1.52. The quantitative estimate of drug-likeness (QED) is 0.607. The molecule has 0 aromatic heterocycles. The van der Waals surface area contributed by atoms with Gasteiger partial charge in [-0.25, -0.2) is 0 Å². The lowest BCUT2D eigenvalue weighted by Gasteiger charge is -2.12. The van der Waals surface area contributed by atoms with Gasteiger partial charge in [0.2, 0.25) is 5.91 Å². The maximum absolute atomic E-state index is 11.1. The van der Waals surface area contributed by atoms with Gasteiger partial charge in [0.1, 0.15) is 6.61 Å². The SMILES string of the molecule is CCOCC(=O)NC(C)CC(N)=S. The second-order valence-corrected chi connectivity index (χ2v) is 3.30. The average Bonchev–Trinajstić information content (AvgIpc) is 1.98. The third kappa shape index (κ3) is 7.67. The van der Waals surface area contributed by atoms with Crippen LogP contribution in [-0.2, 0) is 9.53 Å². The molecular weight excluding hydrogens is 188 g/mol. The lowest BCUT2D eigenvalue weighted by atomic mass is 10.2. The number of rotatable bonds is 6. The summed E-state index contributed by atoms with van der Waals surface area (Å²) in [5.41, 5.74) is 5.32. The molecule has 1 amide bonds. The molecular formula is C8H16N2O2S. The fourth-order valence-corrected chi connectivity index (χ4v) is 1.11. The van der Waals surface area contributed by atoms with E-state index in [1.807, 2.05) is 13.8 Å². The largest absolute Gasteiger partial charge is 0.393 e. The van der Waals surface area contributed by atoms with E-state index in [0.717, 1.165) is 0 Å². The summed E-state index contributed by atoms with van der Waals surface area (Å²) >= 11 is 4.71. The first-order valence-corrected chi connectivity index (χ1v) is 4.62. The van der Waals surface area contributed by atoms with Gasteiger partial charge >= 0.3 is 0 Å². The van der Waals surface area contributed by atoms with Crippen molar-refractivity contribution in [3.05, 3.63) is 0 Å². The van der Waals surface area contributed by atoms with Gasteiger partial charge in [0, 0.05) is 19.1 Å². The normalized spacial score (nSPS) is 12.2. The number of ether oxygens (including phenoxy) is 1. The van der Waals surface area contributed by atoms with Crippen LogP contribution in [0.2, 0.25) is 0 Å². The van der Waals surface area contributed by atoms with Crippen molar-refractivity contribution >= 4 is 23.1 Å². The van der Waals surface area contributed by atoms with Gasteiger partial charge in [-0.05, 0) is 13.8 Å². The summed E-state index contributed by atoms with van der Waals surface area (Å²) in [4.78, 5) is 11.5. The van der Waals surface area contributed by atoms with Crippen molar-refractivity contribution in [2.75, 3.05) is 13.2 Å². The first-order chi connectivity index (χ1) is 6.06. The number of carbonyl (C=O) groups is 1. The first kappa shape index (κ1) is 12.3. The van der Waals surface area contributed by atoms with Crippen molar-refractivity contribution in [2.45, 2.75) is 26.3 Å². The van der Waals surface area contributed by atoms with E-state index >= 15 is 0 Å². The van der Waals surface area contributed by atoms with E-state index in [1.165, 1.54) is 0 Å². The minimum Gasteiger partial charge on any atom is -0.393 e. The van der Waals surface area contributed by atoms with Gasteiger partial charge in [-0.3, -0.25) is 4.79 Å². The minimum atomic E-state index is -0.134. The number of hydrogen-bond acceptors (Lipinski definition) is 3. The Balaban J connectivity index is 3.59. The molecule has 0 radical (unpaired) electrons. The summed E-state index contributed by atoms with van der Waals surface area (Å²) in [5.74, 6) is -0.134. The predicted octanol–water partition coefficient (Wildman–Crippen LogP) is 0.204. The van der Waals surface area contributed by atoms with Gasteiger partial charge in [0.15, 0.2) is 0 Å². The predicted molar refractivity (Wildman–Crippen MR) is 55.5 cm³/mol. The first-order valence-electron chi connectivity index (χ1n) is 4.21. The summed E-state index contributed by atoms with van der Waals surface area (Å²) in [6.07, 6.45) is 0.521. The number of nitrogens with two attached hydrogens (primary N) is 1. The highest BCUT2D eigenvalue weighted by Crippen LogP contribution is 1.90. The van der Waals surface area contributed by atoms with E-state index in [0.29, 0.717) is 18.0 Å². The van der Waals surface area contributed by atoms with Crippen molar-refractivity contribution in [1.29, 1.82) is 0 Å². The number of nitrogens with one attached hydrogen (secondary N) is 1. The molecule has 0 saturated heterocycles. The monoisotopic (exact) mass is 204 g/mol. The van der Waals surface area contributed by atoms with Crippen LogP contribution in [0.3, 0.4) is 0 Å². The van der Waals surface area contributed by atoms with Gasteiger partial charge in [-0.2, -0.15) is 0 Å². The summed E-state index contributed by atoms with van der Waals surface area (Å²) in [5, 5.41) is 2.71. The number of carbonyl (C=O) groups excluding carboxylic acids is 1. The molecule has 0 rings (SSSR count). The molecule has 0 aliphatic heterocycles. The van der Waals surface area contributed by atoms with Crippen LogP contribution in [0.15, 0.2) is 0 Å². The van der Waals surface area contributed by atoms with Crippen LogP contribution in [0.4, 0.5) is 0 Å². The van der Waals surface area contributed by atoms with E-state index in [1.54, 1.807) is 0 Å². The van der Waals surface area contributed by atoms with Crippen LogP contribution >= 0.6 is 12.2 Å². The Morgan fingerprint density at radius 3 is 2.77 bits per heavy atom. The average molecular weight is 204 g/mol. The van der Waals surface area contributed by atoms with Crippen LogP contribution in [0.1, 0.15) is 20.3 Å². The second-order valence-electron chi connectivity index (χ2n) is 2.78. The van der Waals surface area contributed by atoms with E-state index in [4.69, 9.17) is 22.7 Å². The van der Waals surface area contributed by atoms with Crippen LogP contribution in [0.5, 0.6) is 0 Å². The van der Waals surface area contributed by atoms with E-state index in [-0.39, 0.29) is 18.6 Å². The lowest BCUT2D eigenvalue weighted by molar-refractivity contribution is -0.126. The summed E-state index contributed by atoms with van der Waals surface area (Å²) < 4.78 is 4.93. The molecule has 3 N–H and O–H groups in total. The van der Waals surface area contributed by atoms with Crippen LogP contribution in [0.25, 0.3) is 0 Å². The molecule has 0 saturated carbocycles. The maximum atomic E-state index is 11.1. The third-order valence-electron chi connectivity index (χ3n) is 1.35. The van der Waals surface area contributed by atoms with Gasteiger partial charge in [0.05, 0.1) is 4.99 Å². The Kier molecular flexibility index (Phi) is 6.44. The highest BCUT2D eigenvalue weighted by atomic mass is 32.1. The molecule has 76 valence electrons. The molecule has 1 atom stereocenters. The van der Waals surface area contributed by atoms with Crippen LogP contribution in [0, 0.1) is 0 Å². The highest BCUT2D eigenvalue weighted by molar-refractivity contribution is 7.80. The van der Waals surface area contributed by atoms with Gasteiger partial charge < -0.3 is 15.8 Å². The van der Waals surface area contributed by atoms with Gasteiger partial charge in [0.25, 0.3) is 0 Å². The Morgan fingerprint density at radius 2 is 2.31 bits per heavy atom. The highest BCUT2D eigenvalue weighted by Gasteiger charge is 2.07. The maximum Gasteiger partial charge on any atom is 0.246 e. The number of amides is 1. The molecule has 0 bridgehead atoms. The smallest absolute Gasteiger partial charge is 0.246 e. The van der Waals surface area contributed by atoms with Crippen molar-refractivity contribution in [3.63, 3.8) is 0 Å². The molecule has 0 aromatic carbocycles. The number of thiocarbonyl (C=S) groups is 1. The van der Waals surface area contributed by atoms with Gasteiger partial charge in [-0.1, -0.05) is 12.2 Å². The fourth-order valence-electron chi connectivity index (χ4n) is 0.864. The lowest BCUT2D eigenvalue weighted by Crippen LogP contribution is -2.37. The van der Waals surface area contributed by atoms with Crippen molar-refractivity contribution in [2.24, 2.45) is 5.73 Å². The summed E-state index contributed by atoms with van der Waals surface area (Å²) in [6, 6.07) is -0.0227. The Labute approximate surface area is 83.8 Å². The fraction of sp³-hybridized carbons (Fsp3) is 0.750. The standard InChI is InChI=1S/C8H16N2O2S/c1-3-12-5-8(11)10-6(2)4-7(9)13/h6H,3-5H2,1-2H3,(H2,9,13)(H,10,11). The van der Waals surface area contributed by atoms with E-state index < -0.39 is 0 Å². The summed E-state index contributed by atoms with van der Waals surface area (Å²) in [7, 11) is 0. The summed E-state index contributed by atoms with van der Waals surface area (Å²) in [6.45, 7) is 4.32. The molecule has 0 fully saturated rings. The topological polar surface area (TPSA) is 64.3 Å². The minimum absolute atomic E-state index is 0.0227. The zero-order chi connectivity index (χ0) is 10.3. The van der Waals surface area contributed by atoms with Crippen molar-refractivity contribution < 1.29 is 9.53 Å². The molecule has 13 heavy (non-hydrogen) atoms. The van der Waals surface area contributed by atoms with E-state index in [2.05, 4.69) is 5.32 Å². The van der Waals surface area contributed by atoms with Crippen LogP contribution < -0.4 is 11.1 Å². The molecule has 0 spiro atoms. The molecule has 0 aliphatic carbocycles. The Morgan fingerprint density at radius 1 is 1.69 bits per heavy atom. The molecule has 0 aliphatic rings. The van der Waals surface area contributed by atoms with Crippen molar-refractivity contribution in [1.82, 2.24) is 5.32 Å². The molecule has 0 heterocycles. The second kappa shape index (κ2) is 6.80. The number of hydrogen-bond donors (Lipinski definition) is 2. The zero-order valence-corrected chi connectivity index (χ0v) is 8.82. The van der Waals surface area contributed by atoms with Crippen molar-refractivity contribution in [3.8, 4) is 0 Å². The molecule has 1 unspecified atom stereocenters. The van der Waals surface area contributed by atoms with Crippen LogP contribution in [-0.4, -0.2) is 30.2 Å². The molecule has 5 heteroatoms. The molecule has 4 nitrogen and oxygen atoms in total. The van der Waals surface area contributed by atoms with Gasteiger partial charge in [-0.15, -0.1) is 0 Å². The molecule has 0 aromatic rings. The Bertz CT molecular complexity index is 185. The van der Waals surface area contributed by atoms with E-state index in [9.17, 15) is 4.79 Å². The zero-order valence-electron chi connectivity index (χ0n) is 8.00.